The number of hydrogen-bond donors (Lipinski definition) is 0. The Morgan fingerprint density at radius 2 is 1.58 bits per heavy atom. The van der Waals surface area contributed by atoms with Gasteiger partial charge in [-0.1, -0.05) is 24.3 Å². The lowest BCUT2D eigenvalue weighted by Crippen LogP contribution is -2.28. The van der Waals surface area contributed by atoms with E-state index in [-0.39, 0.29) is 5.24 Å². The first-order chi connectivity index (χ1) is 12.6. The average molecular weight is 371 g/mol. The molecule has 0 aliphatic carbocycles. The van der Waals surface area contributed by atoms with Crippen LogP contribution in [0.2, 0.25) is 0 Å². The first kappa shape index (κ1) is 17.9. The second-order valence-corrected chi connectivity index (χ2v) is 6.26. The van der Waals surface area contributed by atoms with Gasteiger partial charge in [0.05, 0.1) is 31.9 Å². The van der Waals surface area contributed by atoms with Crippen molar-refractivity contribution in [3.05, 3.63) is 52.9 Å². The lowest BCUT2D eigenvalue weighted by Gasteiger charge is -2.15. The Balaban J connectivity index is 2.01. The maximum absolute atomic E-state index is 12.8. The number of benzene rings is 2. The highest BCUT2D eigenvalue weighted by atomic mass is 32.2. The fourth-order valence-corrected chi connectivity index (χ4v) is 3.48. The molecule has 1 aliphatic heterocycles. The minimum Gasteiger partial charge on any atom is -0.495 e. The zero-order valence-corrected chi connectivity index (χ0v) is 15.3. The molecule has 1 fully saturated rings. The number of rotatable bonds is 5. The molecule has 0 unspecified atom stereocenters. The maximum atomic E-state index is 12.8. The van der Waals surface area contributed by atoms with Gasteiger partial charge in [-0.15, -0.1) is 0 Å². The van der Waals surface area contributed by atoms with Gasteiger partial charge in [0.1, 0.15) is 5.75 Å². The predicted octanol–water partition coefficient (Wildman–Crippen LogP) is 3.95. The number of anilines is 1. The minimum atomic E-state index is -0.408. The summed E-state index contributed by atoms with van der Waals surface area (Å²) in [5, 5.41) is -0.382. The van der Waals surface area contributed by atoms with Crippen LogP contribution in [0.5, 0.6) is 17.2 Å². The van der Waals surface area contributed by atoms with E-state index in [2.05, 4.69) is 0 Å². The third-order valence-corrected chi connectivity index (χ3v) is 4.71. The number of ether oxygens (including phenoxy) is 3. The quantitative estimate of drug-likeness (QED) is 0.742. The summed E-state index contributed by atoms with van der Waals surface area (Å²) in [7, 11) is 4.56. The second-order valence-electron chi connectivity index (χ2n) is 5.27. The third kappa shape index (κ3) is 3.13. The van der Waals surface area contributed by atoms with Crippen LogP contribution in [0, 0.1) is 0 Å². The third-order valence-electron chi connectivity index (χ3n) is 3.84. The van der Waals surface area contributed by atoms with Crippen molar-refractivity contribution in [2.45, 2.75) is 0 Å². The fourth-order valence-electron chi connectivity index (χ4n) is 2.66. The molecule has 2 aromatic rings. The molecular formula is C19H17NO5S. The van der Waals surface area contributed by atoms with Gasteiger partial charge in [-0.25, -0.2) is 4.90 Å². The van der Waals surface area contributed by atoms with E-state index in [1.165, 1.54) is 21.3 Å². The van der Waals surface area contributed by atoms with Gasteiger partial charge in [0.2, 0.25) is 0 Å². The number of amides is 2. The molecule has 26 heavy (non-hydrogen) atoms. The summed E-state index contributed by atoms with van der Waals surface area (Å²) in [6.07, 6.45) is 1.63. The molecule has 1 heterocycles. The summed E-state index contributed by atoms with van der Waals surface area (Å²) in [6.45, 7) is 0. The van der Waals surface area contributed by atoms with Gasteiger partial charge in [0.15, 0.2) is 11.5 Å². The number of hydrogen-bond acceptors (Lipinski definition) is 6. The molecule has 1 aliphatic rings. The van der Waals surface area contributed by atoms with Crippen LogP contribution in [0.3, 0.4) is 0 Å². The molecule has 0 bridgehead atoms. The maximum Gasteiger partial charge on any atom is 0.298 e. The van der Waals surface area contributed by atoms with Crippen molar-refractivity contribution in [2.24, 2.45) is 0 Å². The van der Waals surface area contributed by atoms with E-state index < -0.39 is 5.91 Å². The first-order valence-corrected chi connectivity index (χ1v) is 8.54. The highest BCUT2D eigenvalue weighted by Gasteiger charge is 2.37. The monoisotopic (exact) mass is 371 g/mol. The van der Waals surface area contributed by atoms with E-state index in [0.717, 1.165) is 16.7 Å². The number of carbonyl (C=O) groups is 2. The Labute approximate surface area is 155 Å². The van der Waals surface area contributed by atoms with E-state index in [1.54, 1.807) is 48.5 Å². The number of methoxy groups -OCH3 is 3. The van der Waals surface area contributed by atoms with Crippen LogP contribution in [0.1, 0.15) is 5.56 Å². The lowest BCUT2D eigenvalue weighted by molar-refractivity contribution is -0.113. The van der Waals surface area contributed by atoms with Crippen molar-refractivity contribution < 1.29 is 23.8 Å². The standard InChI is InChI=1S/C19H17NO5S/c1-23-14-9-5-4-8-13(14)20-18(21)16(26-19(20)22)11-12-7-6-10-15(24-2)17(12)25-3/h4-11H,1-3H3/b16-11-. The van der Waals surface area contributed by atoms with Crippen LogP contribution < -0.4 is 19.1 Å². The Bertz CT molecular complexity index is 893. The van der Waals surface area contributed by atoms with Gasteiger partial charge in [-0.05, 0) is 36.0 Å². The Hall–Kier alpha value is -2.93. The van der Waals surface area contributed by atoms with Crippen LogP contribution in [0.15, 0.2) is 47.4 Å². The second kappa shape index (κ2) is 7.53. The van der Waals surface area contributed by atoms with Crippen molar-refractivity contribution >= 4 is 34.7 Å². The summed E-state index contributed by atoms with van der Waals surface area (Å²) >= 11 is 0.870. The van der Waals surface area contributed by atoms with Crippen molar-refractivity contribution in [1.29, 1.82) is 0 Å². The molecule has 6 nitrogen and oxygen atoms in total. The van der Waals surface area contributed by atoms with Crippen LogP contribution in [0.25, 0.3) is 6.08 Å². The number of imide groups is 1. The van der Waals surface area contributed by atoms with Crippen LogP contribution >= 0.6 is 11.8 Å². The highest BCUT2D eigenvalue weighted by molar-refractivity contribution is 8.19. The van der Waals surface area contributed by atoms with Gasteiger partial charge < -0.3 is 14.2 Å². The van der Waals surface area contributed by atoms with Gasteiger partial charge in [-0.2, -0.15) is 0 Å². The number of para-hydroxylation sites is 3. The van der Waals surface area contributed by atoms with Crippen molar-refractivity contribution in [3.8, 4) is 17.2 Å². The molecular weight excluding hydrogens is 354 g/mol. The van der Waals surface area contributed by atoms with E-state index in [4.69, 9.17) is 14.2 Å². The fraction of sp³-hybridized carbons (Fsp3) is 0.158. The Morgan fingerprint density at radius 1 is 0.885 bits per heavy atom. The molecule has 0 saturated carbocycles. The van der Waals surface area contributed by atoms with E-state index in [1.807, 2.05) is 0 Å². The van der Waals surface area contributed by atoms with E-state index >= 15 is 0 Å². The number of carbonyl (C=O) groups excluding carboxylic acids is 2. The molecule has 1 saturated heterocycles. The normalized spacial score (nSPS) is 15.5. The zero-order chi connectivity index (χ0) is 18.7. The summed E-state index contributed by atoms with van der Waals surface area (Å²) < 4.78 is 15.9. The van der Waals surface area contributed by atoms with Crippen molar-refractivity contribution in [1.82, 2.24) is 0 Å². The van der Waals surface area contributed by atoms with Crippen LogP contribution in [-0.2, 0) is 4.79 Å². The van der Waals surface area contributed by atoms with Crippen LogP contribution in [0.4, 0.5) is 10.5 Å². The molecule has 0 atom stereocenters. The summed E-state index contributed by atoms with van der Waals surface area (Å²) in [4.78, 5) is 26.7. The predicted molar refractivity (Wildman–Crippen MR) is 101 cm³/mol. The first-order valence-electron chi connectivity index (χ1n) is 7.72. The molecule has 3 rings (SSSR count). The summed E-state index contributed by atoms with van der Waals surface area (Å²) in [6, 6.07) is 12.2. The topological polar surface area (TPSA) is 65.1 Å². The van der Waals surface area contributed by atoms with Crippen LogP contribution in [-0.4, -0.2) is 32.5 Å². The highest BCUT2D eigenvalue weighted by Crippen LogP contribution is 2.41. The van der Waals surface area contributed by atoms with E-state index in [9.17, 15) is 9.59 Å². The molecule has 0 aromatic heterocycles. The largest absolute Gasteiger partial charge is 0.495 e. The summed E-state index contributed by atoms with van der Waals surface area (Å²) in [5.74, 6) is 1.09. The van der Waals surface area contributed by atoms with Crippen molar-refractivity contribution in [3.63, 3.8) is 0 Å². The molecule has 0 spiro atoms. The number of thioether (sulfide) groups is 1. The van der Waals surface area contributed by atoms with Gasteiger partial charge in [0.25, 0.3) is 11.1 Å². The van der Waals surface area contributed by atoms with Gasteiger partial charge >= 0.3 is 0 Å². The average Bonchev–Trinajstić information content (AvgIpc) is 2.94. The Kier molecular flexibility index (Phi) is 5.18. The molecule has 2 amide bonds. The SMILES string of the molecule is COc1ccccc1N1C(=O)S/C(=C\c2cccc(OC)c2OC)C1=O. The van der Waals surface area contributed by atoms with E-state index in [0.29, 0.717) is 33.4 Å². The molecule has 0 radical (unpaired) electrons. The smallest absolute Gasteiger partial charge is 0.298 e. The Morgan fingerprint density at radius 3 is 2.27 bits per heavy atom. The van der Waals surface area contributed by atoms with Gasteiger partial charge in [0, 0.05) is 5.56 Å². The molecule has 0 N–H and O–H groups in total. The minimum absolute atomic E-state index is 0.299. The van der Waals surface area contributed by atoms with Crippen molar-refractivity contribution in [2.75, 3.05) is 26.2 Å². The zero-order valence-electron chi connectivity index (χ0n) is 14.5. The van der Waals surface area contributed by atoms with Gasteiger partial charge in [-0.3, -0.25) is 9.59 Å². The molecule has 2 aromatic carbocycles. The summed E-state index contributed by atoms with van der Waals surface area (Å²) in [5.41, 5.74) is 1.07. The lowest BCUT2D eigenvalue weighted by atomic mass is 10.1. The molecule has 134 valence electrons. The number of nitrogens with zero attached hydrogens (tertiary/aromatic N) is 1. The molecule has 7 heteroatoms.